The molecule has 0 radical (unpaired) electrons. The lowest BCUT2D eigenvalue weighted by Gasteiger charge is -2.29. The molecule has 2 aromatic carbocycles. The minimum atomic E-state index is 0. The van der Waals surface area contributed by atoms with Gasteiger partial charge in [-0.05, 0) is 49.8 Å². The molecule has 0 fully saturated rings. The van der Waals surface area contributed by atoms with Crippen LogP contribution in [-0.2, 0) is 6.54 Å². The maximum absolute atomic E-state index is 5.37. The van der Waals surface area contributed by atoms with E-state index in [9.17, 15) is 0 Å². The van der Waals surface area contributed by atoms with Gasteiger partial charge in [0.05, 0.1) is 12.5 Å². The molecular formula is C24H25IN2O. The number of likely N-dealkylation sites (N-methyl/N-ethyl adjacent to an activating group) is 1. The number of rotatable bonds is 4. The molecule has 0 N–H and O–H groups in total. The van der Waals surface area contributed by atoms with Crippen molar-refractivity contribution in [2.75, 3.05) is 18.6 Å². The van der Waals surface area contributed by atoms with Crippen molar-refractivity contribution < 1.29 is 33.3 Å². The third-order valence-corrected chi connectivity index (χ3v) is 5.17. The van der Waals surface area contributed by atoms with Gasteiger partial charge in [-0.1, -0.05) is 24.3 Å². The van der Waals surface area contributed by atoms with E-state index in [4.69, 9.17) is 4.74 Å². The quantitative estimate of drug-likeness (QED) is 0.417. The van der Waals surface area contributed by atoms with Gasteiger partial charge in [0, 0.05) is 36.1 Å². The number of allylic oxidation sites excluding steroid dienone is 1. The smallest absolute Gasteiger partial charge is 0.213 e. The first kappa shape index (κ1) is 20.4. The van der Waals surface area contributed by atoms with Crippen LogP contribution in [0.3, 0.4) is 0 Å². The molecule has 1 aliphatic heterocycles. The Bertz CT molecular complexity index is 1060. The van der Waals surface area contributed by atoms with E-state index in [1.54, 1.807) is 7.11 Å². The van der Waals surface area contributed by atoms with Crippen molar-refractivity contribution in [2.24, 2.45) is 0 Å². The molecule has 1 aliphatic rings. The number of fused-ring (bicyclic) bond motifs is 2. The largest absolute Gasteiger partial charge is 1.00 e. The monoisotopic (exact) mass is 484 g/mol. The number of hydrogen-bond donors (Lipinski definition) is 0. The summed E-state index contributed by atoms with van der Waals surface area (Å²) in [5.41, 5.74) is 6.17. The number of methoxy groups -OCH3 is 1. The van der Waals surface area contributed by atoms with E-state index in [0.29, 0.717) is 0 Å². The Hall–Kier alpha value is -2.34. The van der Waals surface area contributed by atoms with Gasteiger partial charge in [0.1, 0.15) is 12.3 Å². The lowest BCUT2D eigenvalue weighted by atomic mass is 10.0. The third-order valence-electron chi connectivity index (χ3n) is 5.17. The van der Waals surface area contributed by atoms with Gasteiger partial charge >= 0.3 is 0 Å². The summed E-state index contributed by atoms with van der Waals surface area (Å²) in [6.07, 6.45) is 6.70. The van der Waals surface area contributed by atoms with E-state index in [-0.39, 0.29) is 24.0 Å². The van der Waals surface area contributed by atoms with Gasteiger partial charge in [-0.2, -0.15) is 4.57 Å². The van der Waals surface area contributed by atoms with E-state index in [1.807, 2.05) is 6.07 Å². The normalized spacial score (nSPS) is 14.1. The summed E-state index contributed by atoms with van der Waals surface area (Å²) in [5.74, 6) is 0.889. The van der Waals surface area contributed by atoms with Gasteiger partial charge in [-0.15, -0.1) is 0 Å². The van der Waals surface area contributed by atoms with Crippen LogP contribution in [0.25, 0.3) is 23.1 Å². The summed E-state index contributed by atoms with van der Waals surface area (Å²) in [4.78, 5) is 2.37. The molecule has 0 unspecified atom stereocenters. The van der Waals surface area contributed by atoms with Crippen LogP contribution in [-0.4, -0.2) is 13.7 Å². The van der Waals surface area contributed by atoms with Crippen molar-refractivity contribution in [1.29, 1.82) is 0 Å². The summed E-state index contributed by atoms with van der Waals surface area (Å²) in [5, 5.41) is 1.19. The number of pyridine rings is 1. The first-order valence-corrected chi connectivity index (χ1v) is 9.52. The summed E-state index contributed by atoms with van der Waals surface area (Å²) in [7, 11) is 1.71. The Morgan fingerprint density at radius 2 is 1.82 bits per heavy atom. The molecule has 4 rings (SSSR count). The molecule has 2 heterocycles. The zero-order valence-electron chi connectivity index (χ0n) is 16.5. The highest BCUT2D eigenvalue weighted by Gasteiger charge is 2.19. The number of ether oxygens (including phenoxy) is 1. The van der Waals surface area contributed by atoms with Crippen molar-refractivity contribution >= 4 is 28.7 Å². The molecule has 0 saturated carbocycles. The van der Waals surface area contributed by atoms with Gasteiger partial charge < -0.3 is 33.6 Å². The summed E-state index contributed by atoms with van der Waals surface area (Å²) in [6.45, 7) is 6.24. The predicted octanol–water partition coefficient (Wildman–Crippen LogP) is 2.05. The van der Waals surface area contributed by atoms with Crippen LogP contribution in [0.2, 0.25) is 0 Å². The van der Waals surface area contributed by atoms with Crippen LogP contribution >= 0.6 is 0 Å². The average Bonchev–Trinajstić information content (AvgIpc) is 2.73. The summed E-state index contributed by atoms with van der Waals surface area (Å²) >= 11 is 0. The number of halogens is 1. The fourth-order valence-electron chi connectivity index (χ4n) is 3.83. The summed E-state index contributed by atoms with van der Waals surface area (Å²) in [6, 6.07) is 19.2. The zero-order valence-corrected chi connectivity index (χ0v) is 18.7. The van der Waals surface area contributed by atoms with Gasteiger partial charge in [-0.3, -0.25) is 0 Å². The highest BCUT2D eigenvalue weighted by atomic mass is 127. The van der Waals surface area contributed by atoms with E-state index in [2.05, 4.69) is 90.1 Å². The van der Waals surface area contributed by atoms with Gasteiger partial charge in [0.2, 0.25) is 11.2 Å². The molecule has 28 heavy (non-hydrogen) atoms. The number of aryl methyl sites for hydroxylation is 1. The average molecular weight is 484 g/mol. The molecule has 0 aliphatic carbocycles. The number of benzene rings is 2. The van der Waals surface area contributed by atoms with Gasteiger partial charge in [-0.25, -0.2) is 0 Å². The van der Waals surface area contributed by atoms with Crippen LogP contribution in [0.4, 0.5) is 5.69 Å². The molecule has 4 heteroatoms. The first-order valence-electron chi connectivity index (χ1n) is 9.52. The van der Waals surface area contributed by atoms with E-state index in [1.165, 1.54) is 33.5 Å². The van der Waals surface area contributed by atoms with E-state index >= 15 is 0 Å². The highest BCUT2D eigenvalue weighted by Crippen LogP contribution is 2.31. The van der Waals surface area contributed by atoms with Gasteiger partial charge in [0.25, 0.3) is 0 Å². The minimum Gasteiger partial charge on any atom is -1.00 e. The number of para-hydroxylation sites is 1. The fourth-order valence-corrected chi connectivity index (χ4v) is 3.83. The molecule has 0 spiro atoms. The highest BCUT2D eigenvalue weighted by molar-refractivity contribution is 5.81. The Morgan fingerprint density at radius 3 is 2.57 bits per heavy atom. The second-order valence-electron chi connectivity index (χ2n) is 6.63. The Labute approximate surface area is 184 Å². The van der Waals surface area contributed by atoms with Crippen molar-refractivity contribution in [2.45, 2.75) is 20.4 Å². The zero-order chi connectivity index (χ0) is 18.8. The first-order chi connectivity index (χ1) is 13.2. The molecule has 1 aromatic heterocycles. The molecule has 0 atom stereocenters. The van der Waals surface area contributed by atoms with Crippen molar-refractivity contribution in [3.8, 4) is 5.75 Å². The van der Waals surface area contributed by atoms with Crippen molar-refractivity contribution in [1.82, 2.24) is 0 Å². The lowest BCUT2D eigenvalue weighted by Crippen LogP contribution is -3.00. The molecule has 3 nitrogen and oxygen atoms in total. The minimum absolute atomic E-state index is 0. The molecular weight excluding hydrogens is 459 g/mol. The Kier molecular flexibility index (Phi) is 6.39. The van der Waals surface area contributed by atoms with Crippen LogP contribution in [0.1, 0.15) is 25.1 Å². The molecule has 0 saturated heterocycles. The summed E-state index contributed by atoms with van der Waals surface area (Å²) < 4.78 is 7.72. The van der Waals surface area contributed by atoms with Crippen LogP contribution < -0.4 is 38.2 Å². The standard InChI is InChI=1S/C24H25N2O.HI/c1-4-25-20(12-10-18-8-6-7-9-23(18)25)17-21-13-11-19-16-22(27-3)14-15-24(19)26(21)5-2;/h6-17H,4-5H2,1-3H3;1H/q+1;/p-1. The van der Waals surface area contributed by atoms with E-state index in [0.717, 1.165) is 18.8 Å². The number of nitrogens with zero attached hydrogens (tertiary/aromatic N) is 2. The lowest BCUT2D eigenvalue weighted by molar-refractivity contribution is -0.669. The number of aromatic nitrogens is 1. The SMILES string of the molecule is CCN1/C(=C/c2ccc3cc(OC)ccc3[n+]2CC)C=Cc2ccccc21.[I-]. The molecule has 144 valence electrons. The Morgan fingerprint density at radius 1 is 1.00 bits per heavy atom. The van der Waals surface area contributed by atoms with E-state index < -0.39 is 0 Å². The fraction of sp³-hybridized carbons (Fsp3) is 0.208. The molecule has 0 amide bonds. The number of hydrogen-bond acceptors (Lipinski definition) is 2. The van der Waals surface area contributed by atoms with Crippen LogP contribution in [0, 0.1) is 0 Å². The van der Waals surface area contributed by atoms with Crippen molar-refractivity contribution in [3.05, 3.63) is 77.6 Å². The van der Waals surface area contributed by atoms with Crippen LogP contribution in [0.15, 0.2) is 66.4 Å². The Balaban J connectivity index is 0.00000225. The molecule has 3 aromatic rings. The van der Waals surface area contributed by atoms with Crippen LogP contribution in [0.5, 0.6) is 5.75 Å². The predicted molar refractivity (Wildman–Crippen MR) is 113 cm³/mol. The van der Waals surface area contributed by atoms with Crippen molar-refractivity contribution in [3.63, 3.8) is 0 Å². The van der Waals surface area contributed by atoms with Gasteiger partial charge in [0.15, 0.2) is 0 Å². The molecule has 0 bridgehead atoms. The maximum Gasteiger partial charge on any atom is 0.213 e. The second-order valence-corrected chi connectivity index (χ2v) is 6.63. The topological polar surface area (TPSA) is 16.4 Å². The maximum atomic E-state index is 5.37. The third kappa shape index (κ3) is 3.65. The number of anilines is 1. The second kappa shape index (κ2) is 8.78.